The van der Waals surface area contributed by atoms with E-state index in [4.69, 9.17) is 21.4 Å². The van der Waals surface area contributed by atoms with Gasteiger partial charge in [0.05, 0.1) is 24.4 Å². The fraction of sp³-hybridized carbons (Fsp3) is 0.148. The van der Waals surface area contributed by atoms with Gasteiger partial charge in [0.1, 0.15) is 23.4 Å². The van der Waals surface area contributed by atoms with Crippen molar-refractivity contribution in [2.75, 3.05) is 12.0 Å². The number of rotatable bonds is 5. The number of halogens is 1. The first kappa shape index (κ1) is 22.7. The second kappa shape index (κ2) is 9.31. The summed E-state index contributed by atoms with van der Waals surface area (Å²) < 4.78 is 25.1. The molecule has 8 heteroatoms. The summed E-state index contributed by atoms with van der Waals surface area (Å²) in [6, 6.07) is 20.8. The van der Waals surface area contributed by atoms with Crippen LogP contribution in [0.15, 0.2) is 83.4 Å². The molecule has 0 spiro atoms. The molecule has 0 amide bonds. The van der Waals surface area contributed by atoms with E-state index in [1.165, 1.54) is 13.2 Å². The lowest BCUT2D eigenvalue weighted by molar-refractivity contribution is 0.0600. The van der Waals surface area contributed by atoms with Crippen LogP contribution in [0.4, 0.5) is 10.1 Å². The number of hydrogen-bond acceptors (Lipinski definition) is 5. The number of anilines is 1. The highest BCUT2D eigenvalue weighted by molar-refractivity contribution is 7.80. The van der Waals surface area contributed by atoms with Gasteiger partial charge in [-0.05, 0) is 79.3 Å². The summed E-state index contributed by atoms with van der Waals surface area (Å²) in [5, 5.41) is 3.86. The van der Waals surface area contributed by atoms with E-state index in [1.54, 1.807) is 37.4 Å². The summed E-state index contributed by atoms with van der Waals surface area (Å²) in [7, 11) is 1.35. The lowest BCUT2D eigenvalue weighted by Gasteiger charge is -2.26. The number of benzene rings is 2. The second-order valence-electron chi connectivity index (χ2n) is 8.20. The number of methoxy groups -OCH3 is 1. The molecule has 6 nitrogen and oxygen atoms in total. The molecule has 2 aromatic carbocycles. The maximum Gasteiger partial charge on any atom is 0.337 e. The van der Waals surface area contributed by atoms with Crippen LogP contribution in [0.2, 0.25) is 0 Å². The molecule has 0 saturated carbocycles. The number of carbonyl (C=O) groups excluding carboxylic acids is 1. The third kappa shape index (κ3) is 4.28. The van der Waals surface area contributed by atoms with Crippen LogP contribution in [0.1, 0.15) is 39.5 Å². The zero-order valence-electron chi connectivity index (χ0n) is 19.1. The molecule has 1 N–H and O–H groups in total. The van der Waals surface area contributed by atoms with Gasteiger partial charge >= 0.3 is 5.97 Å². The Morgan fingerprint density at radius 2 is 1.91 bits per heavy atom. The second-order valence-corrected chi connectivity index (χ2v) is 8.59. The topological polar surface area (TPSA) is 67.6 Å². The summed E-state index contributed by atoms with van der Waals surface area (Å²) in [5.41, 5.74) is 3.36. The van der Waals surface area contributed by atoms with Gasteiger partial charge in [0.2, 0.25) is 0 Å². The van der Waals surface area contributed by atoms with Crippen LogP contribution >= 0.6 is 12.2 Å². The van der Waals surface area contributed by atoms with E-state index in [9.17, 15) is 9.18 Å². The van der Waals surface area contributed by atoms with Crippen LogP contribution < -0.4 is 10.2 Å². The number of carbonyl (C=O) groups is 1. The molecule has 1 aliphatic rings. The molecular weight excluding hydrogens is 465 g/mol. The molecule has 1 saturated heterocycles. The molecule has 3 heterocycles. The first-order chi connectivity index (χ1) is 17.0. The molecule has 0 bridgehead atoms. The van der Waals surface area contributed by atoms with Gasteiger partial charge in [0.25, 0.3) is 0 Å². The predicted molar refractivity (Wildman–Crippen MR) is 135 cm³/mol. The van der Waals surface area contributed by atoms with Crippen molar-refractivity contribution in [2.45, 2.75) is 19.0 Å². The quantitative estimate of drug-likeness (QED) is 0.284. The Hall–Kier alpha value is -4.04. The Balaban J connectivity index is 1.55. The maximum atomic E-state index is 14.0. The molecule has 0 radical (unpaired) electrons. The van der Waals surface area contributed by atoms with Crippen molar-refractivity contribution < 1.29 is 18.3 Å². The van der Waals surface area contributed by atoms with Crippen molar-refractivity contribution in [3.8, 4) is 11.3 Å². The number of furan rings is 1. The Labute approximate surface area is 207 Å². The standard InChI is InChI=1S/C27H22FN3O3S/c1-16-15-19(10-11-20(16)28)31-25(24(30-27(31)35)21-5-3-4-14-29-21)23-13-12-22(34-23)17-6-8-18(9-7-17)26(32)33-2/h3-15,24-25H,1-2H3,(H,30,35)/t24-,25+/m0/s1. The lowest BCUT2D eigenvalue weighted by atomic mass is 10.0. The van der Waals surface area contributed by atoms with Crippen molar-refractivity contribution in [3.63, 3.8) is 0 Å². The highest BCUT2D eigenvalue weighted by Gasteiger charge is 2.42. The number of aryl methyl sites for hydroxylation is 1. The minimum Gasteiger partial charge on any atom is -0.465 e. The van der Waals surface area contributed by atoms with Gasteiger partial charge in [0, 0.05) is 17.4 Å². The van der Waals surface area contributed by atoms with Crippen molar-refractivity contribution in [2.24, 2.45) is 0 Å². The summed E-state index contributed by atoms with van der Waals surface area (Å²) in [6.45, 7) is 1.72. The number of pyridine rings is 1. The van der Waals surface area contributed by atoms with E-state index in [0.29, 0.717) is 27.8 Å². The molecule has 0 unspecified atom stereocenters. The third-order valence-electron chi connectivity index (χ3n) is 6.03. The molecule has 4 aromatic rings. The van der Waals surface area contributed by atoms with Gasteiger partial charge in [-0.3, -0.25) is 4.98 Å². The maximum absolute atomic E-state index is 14.0. The van der Waals surface area contributed by atoms with Gasteiger partial charge < -0.3 is 19.4 Å². The van der Waals surface area contributed by atoms with Crippen molar-refractivity contribution in [3.05, 3.63) is 107 Å². The fourth-order valence-electron chi connectivity index (χ4n) is 4.26. The van der Waals surface area contributed by atoms with Gasteiger partial charge in [0.15, 0.2) is 5.11 Å². The van der Waals surface area contributed by atoms with E-state index >= 15 is 0 Å². The number of hydrogen-bond donors (Lipinski definition) is 1. The Kier molecular flexibility index (Phi) is 6.05. The van der Waals surface area contributed by atoms with Gasteiger partial charge in [-0.2, -0.15) is 0 Å². The van der Waals surface area contributed by atoms with Crippen molar-refractivity contribution >= 4 is 29.0 Å². The average molecular weight is 488 g/mol. The Morgan fingerprint density at radius 3 is 2.60 bits per heavy atom. The summed E-state index contributed by atoms with van der Waals surface area (Å²) in [5.74, 6) is 0.636. The van der Waals surface area contributed by atoms with Gasteiger partial charge in [-0.15, -0.1) is 0 Å². The average Bonchev–Trinajstić information content (AvgIpc) is 3.50. The molecule has 2 aromatic heterocycles. The largest absolute Gasteiger partial charge is 0.465 e. The van der Waals surface area contributed by atoms with Crippen LogP contribution in [-0.2, 0) is 4.74 Å². The number of esters is 1. The van der Waals surface area contributed by atoms with Gasteiger partial charge in [-0.1, -0.05) is 18.2 Å². The normalized spacial score (nSPS) is 17.3. The van der Waals surface area contributed by atoms with Crippen LogP contribution in [0, 0.1) is 12.7 Å². The van der Waals surface area contributed by atoms with E-state index in [2.05, 4.69) is 10.3 Å². The van der Waals surface area contributed by atoms with Crippen LogP contribution in [0.5, 0.6) is 0 Å². The van der Waals surface area contributed by atoms with Crippen LogP contribution in [-0.4, -0.2) is 23.2 Å². The summed E-state index contributed by atoms with van der Waals surface area (Å²) >= 11 is 5.71. The smallest absolute Gasteiger partial charge is 0.337 e. The van der Waals surface area contributed by atoms with E-state index in [-0.39, 0.29) is 17.9 Å². The van der Waals surface area contributed by atoms with E-state index in [1.807, 2.05) is 47.4 Å². The number of aromatic nitrogens is 1. The minimum atomic E-state index is -0.398. The SMILES string of the molecule is COC(=O)c1ccc(-c2ccc([C@@H]3[C@H](c4ccccn4)NC(=S)N3c3ccc(F)c(C)c3)o2)cc1. The number of nitrogens with one attached hydrogen (secondary N) is 1. The first-order valence-electron chi connectivity index (χ1n) is 11.0. The van der Waals surface area contributed by atoms with Crippen molar-refractivity contribution in [1.29, 1.82) is 0 Å². The highest BCUT2D eigenvalue weighted by atomic mass is 32.1. The van der Waals surface area contributed by atoms with Crippen LogP contribution in [0.3, 0.4) is 0 Å². The molecule has 5 rings (SSSR count). The summed E-state index contributed by atoms with van der Waals surface area (Å²) in [4.78, 5) is 18.2. The lowest BCUT2D eigenvalue weighted by Crippen LogP contribution is -2.29. The molecule has 176 valence electrons. The van der Waals surface area contributed by atoms with E-state index in [0.717, 1.165) is 16.9 Å². The minimum absolute atomic E-state index is 0.277. The fourth-order valence-corrected chi connectivity index (χ4v) is 4.60. The Morgan fingerprint density at radius 1 is 1.11 bits per heavy atom. The number of ether oxygens (including phenoxy) is 1. The Bertz CT molecular complexity index is 1390. The third-order valence-corrected chi connectivity index (χ3v) is 6.34. The number of thiocarbonyl (C=S) groups is 1. The first-order valence-corrected chi connectivity index (χ1v) is 11.4. The van der Waals surface area contributed by atoms with Crippen molar-refractivity contribution in [1.82, 2.24) is 10.3 Å². The van der Waals surface area contributed by atoms with Crippen LogP contribution in [0.25, 0.3) is 11.3 Å². The highest BCUT2D eigenvalue weighted by Crippen LogP contribution is 2.43. The molecule has 35 heavy (non-hydrogen) atoms. The molecule has 0 aliphatic carbocycles. The van der Waals surface area contributed by atoms with Gasteiger partial charge in [-0.25, -0.2) is 9.18 Å². The molecule has 2 atom stereocenters. The zero-order valence-corrected chi connectivity index (χ0v) is 19.9. The monoisotopic (exact) mass is 487 g/mol. The zero-order chi connectivity index (χ0) is 24.5. The summed E-state index contributed by atoms with van der Waals surface area (Å²) in [6.07, 6.45) is 1.73. The predicted octanol–water partition coefficient (Wildman–Crippen LogP) is 5.75. The molecule has 1 fully saturated rings. The van der Waals surface area contributed by atoms with E-state index < -0.39 is 5.97 Å². The number of nitrogens with zero attached hydrogens (tertiary/aromatic N) is 2. The molecular formula is C27H22FN3O3S. The molecule has 1 aliphatic heterocycles.